The van der Waals surface area contributed by atoms with Crippen LogP contribution in [0.25, 0.3) is 5.76 Å². The first-order chi connectivity index (χ1) is 19.0. The second kappa shape index (κ2) is 11.7. The zero-order valence-electron chi connectivity index (χ0n) is 21.6. The molecule has 4 aromatic rings. The summed E-state index contributed by atoms with van der Waals surface area (Å²) >= 11 is 0. The summed E-state index contributed by atoms with van der Waals surface area (Å²) in [5.41, 5.74) is 1.10. The molecule has 5 rings (SSSR count). The Morgan fingerprint density at radius 2 is 1.69 bits per heavy atom. The van der Waals surface area contributed by atoms with Crippen molar-refractivity contribution in [1.82, 2.24) is 14.5 Å². The van der Waals surface area contributed by atoms with Gasteiger partial charge in [-0.15, -0.1) is 0 Å². The van der Waals surface area contributed by atoms with Crippen LogP contribution in [0.3, 0.4) is 0 Å². The number of aromatic nitrogens is 2. The van der Waals surface area contributed by atoms with Gasteiger partial charge in [0.15, 0.2) is 0 Å². The molecule has 1 aliphatic heterocycles. The first-order valence-electron chi connectivity index (χ1n) is 12.9. The molecule has 0 aliphatic carbocycles. The molecule has 39 heavy (non-hydrogen) atoms. The SMILES string of the molecule is CCOc1cccc(C(O)=C2C(=O)C(=O)N(CCCn3ccnc3)C2c2cccc(Oc3ccccc3)c2)c1. The van der Waals surface area contributed by atoms with Crippen molar-refractivity contribution in [2.24, 2.45) is 0 Å². The lowest BCUT2D eigenvalue weighted by Gasteiger charge is -2.26. The van der Waals surface area contributed by atoms with E-state index >= 15 is 0 Å². The first kappa shape index (κ1) is 25.8. The Balaban J connectivity index is 1.54. The van der Waals surface area contributed by atoms with Crippen LogP contribution in [-0.4, -0.2) is 44.4 Å². The van der Waals surface area contributed by atoms with Crippen molar-refractivity contribution in [1.29, 1.82) is 0 Å². The van der Waals surface area contributed by atoms with Crippen molar-refractivity contribution in [2.75, 3.05) is 13.2 Å². The fourth-order valence-electron chi connectivity index (χ4n) is 4.73. The molecule has 1 atom stereocenters. The molecule has 0 radical (unpaired) electrons. The Morgan fingerprint density at radius 3 is 2.46 bits per heavy atom. The van der Waals surface area contributed by atoms with Crippen LogP contribution in [0.2, 0.25) is 0 Å². The van der Waals surface area contributed by atoms with E-state index in [1.54, 1.807) is 42.9 Å². The molecule has 0 saturated carbocycles. The number of para-hydroxylation sites is 1. The number of rotatable bonds is 10. The highest BCUT2D eigenvalue weighted by atomic mass is 16.5. The fourth-order valence-corrected chi connectivity index (χ4v) is 4.73. The summed E-state index contributed by atoms with van der Waals surface area (Å²) in [4.78, 5) is 32.3. The van der Waals surface area contributed by atoms with E-state index in [4.69, 9.17) is 9.47 Å². The van der Waals surface area contributed by atoms with Crippen LogP contribution in [0, 0.1) is 0 Å². The van der Waals surface area contributed by atoms with Crippen molar-refractivity contribution in [3.63, 3.8) is 0 Å². The van der Waals surface area contributed by atoms with Crippen LogP contribution in [0.5, 0.6) is 17.2 Å². The molecular weight excluding hydrogens is 494 g/mol. The summed E-state index contributed by atoms with van der Waals surface area (Å²) in [7, 11) is 0. The zero-order chi connectivity index (χ0) is 27.2. The Kier molecular flexibility index (Phi) is 7.73. The van der Waals surface area contributed by atoms with Gasteiger partial charge in [-0.25, -0.2) is 4.98 Å². The van der Waals surface area contributed by atoms with E-state index in [0.29, 0.717) is 54.5 Å². The van der Waals surface area contributed by atoms with Gasteiger partial charge in [-0.3, -0.25) is 9.59 Å². The minimum absolute atomic E-state index is 0.0353. The molecule has 1 unspecified atom stereocenters. The first-order valence-corrected chi connectivity index (χ1v) is 12.9. The summed E-state index contributed by atoms with van der Waals surface area (Å²) in [5.74, 6) is 0.161. The maximum Gasteiger partial charge on any atom is 0.295 e. The van der Waals surface area contributed by atoms with Crippen LogP contribution < -0.4 is 9.47 Å². The summed E-state index contributed by atoms with van der Waals surface area (Å²) in [6, 6.07) is 22.7. The molecular formula is C31H29N3O5. The molecule has 2 heterocycles. The molecule has 1 fully saturated rings. The van der Waals surface area contributed by atoms with Gasteiger partial charge in [-0.2, -0.15) is 0 Å². The lowest BCUT2D eigenvalue weighted by Crippen LogP contribution is -2.31. The highest BCUT2D eigenvalue weighted by Gasteiger charge is 2.46. The predicted molar refractivity (Wildman–Crippen MR) is 146 cm³/mol. The number of hydrogen-bond acceptors (Lipinski definition) is 6. The number of nitrogens with zero attached hydrogens (tertiary/aromatic N) is 3. The number of likely N-dealkylation sites (tertiary alicyclic amines) is 1. The van der Waals surface area contributed by atoms with Crippen molar-refractivity contribution >= 4 is 17.4 Å². The third-order valence-electron chi connectivity index (χ3n) is 6.49. The number of hydrogen-bond donors (Lipinski definition) is 1. The van der Waals surface area contributed by atoms with E-state index < -0.39 is 17.7 Å². The van der Waals surface area contributed by atoms with Gasteiger partial charge in [-0.1, -0.05) is 42.5 Å². The van der Waals surface area contributed by atoms with E-state index in [1.165, 1.54) is 4.90 Å². The quantitative estimate of drug-likeness (QED) is 0.166. The van der Waals surface area contributed by atoms with Crippen LogP contribution in [0.15, 0.2) is 103 Å². The monoisotopic (exact) mass is 523 g/mol. The largest absolute Gasteiger partial charge is 0.507 e. The number of carbonyl (C=O) groups is 2. The van der Waals surface area contributed by atoms with Crippen LogP contribution in [-0.2, 0) is 16.1 Å². The topological polar surface area (TPSA) is 93.9 Å². The number of carbonyl (C=O) groups excluding carboxylic acids is 2. The maximum absolute atomic E-state index is 13.4. The minimum atomic E-state index is -0.789. The van der Waals surface area contributed by atoms with Crippen LogP contribution in [0.4, 0.5) is 0 Å². The fraction of sp³-hybridized carbons (Fsp3) is 0.194. The molecule has 1 aromatic heterocycles. The summed E-state index contributed by atoms with van der Waals surface area (Å²) in [6.07, 6.45) is 5.85. The molecule has 0 bridgehead atoms. The van der Waals surface area contributed by atoms with Crippen LogP contribution in [0.1, 0.15) is 30.5 Å². The normalized spacial score (nSPS) is 16.4. The summed E-state index contributed by atoms with van der Waals surface area (Å²) in [6.45, 7) is 3.27. The highest BCUT2D eigenvalue weighted by Crippen LogP contribution is 2.41. The van der Waals surface area contributed by atoms with Gasteiger partial charge < -0.3 is 24.0 Å². The second-order valence-electron chi connectivity index (χ2n) is 9.10. The zero-order valence-corrected chi connectivity index (χ0v) is 21.6. The Morgan fingerprint density at radius 1 is 0.923 bits per heavy atom. The van der Waals surface area contributed by atoms with E-state index in [0.717, 1.165) is 0 Å². The Labute approximate surface area is 226 Å². The maximum atomic E-state index is 13.4. The second-order valence-corrected chi connectivity index (χ2v) is 9.10. The number of aliphatic hydroxyl groups excluding tert-OH is 1. The molecule has 198 valence electrons. The molecule has 1 saturated heterocycles. The molecule has 8 heteroatoms. The van der Waals surface area contributed by atoms with E-state index in [9.17, 15) is 14.7 Å². The van der Waals surface area contributed by atoms with Crippen LogP contribution >= 0.6 is 0 Å². The molecule has 1 aliphatic rings. The summed E-state index contributed by atoms with van der Waals surface area (Å²) in [5, 5.41) is 11.4. The number of ketones is 1. The molecule has 0 spiro atoms. The van der Waals surface area contributed by atoms with Gasteiger partial charge in [0.1, 0.15) is 23.0 Å². The van der Waals surface area contributed by atoms with E-state index in [2.05, 4.69) is 4.98 Å². The average molecular weight is 524 g/mol. The molecule has 3 aromatic carbocycles. The number of aryl methyl sites for hydroxylation is 1. The minimum Gasteiger partial charge on any atom is -0.507 e. The van der Waals surface area contributed by atoms with Gasteiger partial charge in [0.05, 0.1) is 24.5 Å². The van der Waals surface area contributed by atoms with Gasteiger partial charge in [0.2, 0.25) is 0 Å². The lowest BCUT2D eigenvalue weighted by molar-refractivity contribution is -0.139. The third kappa shape index (κ3) is 5.70. The molecule has 1 amide bonds. The smallest absolute Gasteiger partial charge is 0.295 e. The lowest BCUT2D eigenvalue weighted by atomic mass is 9.95. The number of Topliss-reactive ketones (excluding diaryl/α,β-unsaturated/α-hetero) is 1. The predicted octanol–water partition coefficient (Wildman–Crippen LogP) is 5.59. The number of aliphatic hydroxyl groups is 1. The van der Waals surface area contributed by atoms with Crippen molar-refractivity contribution in [3.8, 4) is 17.2 Å². The van der Waals surface area contributed by atoms with E-state index in [1.807, 2.05) is 66.2 Å². The standard InChI is InChI=1S/C31H29N3O5/c1-2-38-25-13-7-10-23(20-25)29(35)27-28(22-9-6-14-26(19-22)39-24-11-4-3-5-12-24)34(31(37)30(27)36)17-8-16-33-18-15-32-21-33/h3-7,9-15,18-21,28,35H,2,8,16-17H2,1H3. The van der Waals surface area contributed by atoms with Gasteiger partial charge in [0, 0.05) is 31.0 Å². The van der Waals surface area contributed by atoms with Gasteiger partial charge in [-0.05, 0) is 55.3 Å². The Hall–Kier alpha value is -4.85. The number of amides is 1. The highest BCUT2D eigenvalue weighted by molar-refractivity contribution is 6.46. The van der Waals surface area contributed by atoms with E-state index in [-0.39, 0.29) is 11.3 Å². The van der Waals surface area contributed by atoms with Gasteiger partial charge in [0.25, 0.3) is 11.7 Å². The molecule has 8 nitrogen and oxygen atoms in total. The van der Waals surface area contributed by atoms with Crippen molar-refractivity contribution in [3.05, 3.63) is 114 Å². The number of benzene rings is 3. The Bertz CT molecular complexity index is 1480. The number of imidazole rings is 1. The van der Waals surface area contributed by atoms with Crippen molar-refractivity contribution in [2.45, 2.75) is 25.9 Å². The summed E-state index contributed by atoms with van der Waals surface area (Å²) < 4.78 is 13.5. The van der Waals surface area contributed by atoms with Crippen molar-refractivity contribution < 1.29 is 24.2 Å². The third-order valence-corrected chi connectivity index (χ3v) is 6.49. The molecule has 1 N–H and O–H groups in total. The number of ether oxygens (including phenoxy) is 2. The van der Waals surface area contributed by atoms with Gasteiger partial charge >= 0.3 is 0 Å². The average Bonchev–Trinajstić information content (AvgIpc) is 3.56.